The Morgan fingerprint density at radius 2 is 1.71 bits per heavy atom. The second-order valence-corrected chi connectivity index (χ2v) is 4.97. The van der Waals surface area contributed by atoms with Gasteiger partial charge < -0.3 is 9.90 Å². The third-order valence-corrected chi connectivity index (χ3v) is 2.99. The SMILES string of the molecule is CC(=O)CCC/C=C\CCC[C@H](C)CCCO. The van der Waals surface area contributed by atoms with E-state index in [0.717, 1.165) is 38.0 Å². The number of carbonyl (C=O) groups excluding carboxylic acids is 1. The van der Waals surface area contributed by atoms with Crippen molar-refractivity contribution in [2.75, 3.05) is 6.61 Å². The second kappa shape index (κ2) is 11.8. The number of hydrogen-bond acceptors (Lipinski definition) is 2. The number of carbonyl (C=O) groups is 1. The first-order valence-electron chi connectivity index (χ1n) is 6.92. The average Bonchev–Trinajstić information content (AvgIpc) is 2.29. The van der Waals surface area contributed by atoms with Crippen LogP contribution in [0.3, 0.4) is 0 Å². The van der Waals surface area contributed by atoms with Crippen molar-refractivity contribution in [2.24, 2.45) is 5.92 Å². The van der Waals surface area contributed by atoms with Crippen LogP contribution >= 0.6 is 0 Å². The summed E-state index contributed by atoms with van der Waals surface area (Å²) in [6.45, 7) is 4.23. The summed E-state index contributed by atoms with van der Waals surface area (Å²) in [5, 5.41) is 8.71. The molecular weight excluding hydrogens is 212 g/mol. The number of Topliss-reactive ketones (excluding diaryl/α,β-unsaturated/α-hetero) is 1. The van der Waals surface area contributed by atoms with Crippen LogP contribution < -0.4 is 0 Å². The van der Waals surface area contributed by atoms with E-state index in [9.17, 15) is 4.79 Å². The maximum Gasteiger partial charge on any atom is 0.129 e. The molecule has 1 atom stereocenters. The van der Waals surface area contributed by atoms with E-state index in [1.807, 2.05) is 0 Å². The smallest absolute Gasteiger partial charge is 0.129 e. The van der Waals surface area contributed by atoms with E-state index < -0.39 is 0 Å². The Morgan fingerprint density at radius 1 is 1.12 bits per heavy atom. The van der Waals surface area contributed by atoms with Gasteiger partial charge in [0.1, 0.15) is 5.78 Å². The van der Waals surface area contributed by atoms with Crippen molar-refractivity contribution >= 4 is 5.78 Å². The van der Waals surface area contributed by atoms with Gasteiger partial charge >= 0.3 is 0 Å². The van der Waals surface area contributed by atoms with Crippen molar-refractivity contribution in [3.63, 3.8) is 0 Å². The molecule has 0 aromatic rings. The lowest BCUT2D eigenvalue weighted by atomic mass is 9.99. The van der Waals surface area contributed by atoms with Crippen molar-refractivity contribution in [1.29, 1.82) is 0 Å². The predicted molar refractivity (Wildman–Crippen MR) is 73.0 cm³/mol. The van der Waals surface area contributed by atoms with E-state index in [0.29, 0.717) is 13.0 Å². The second-order valence-electron chi connectivity index (χ2n) is 4.97. The number of allylic oxidation sites excluding steroid dienone is 2. The van der Waals surface area contributed by atoms with Crippen LogP contribution in [0.5, 0.6) is 0 Å². The van der Waals surface area contributed by atoms with Crippen LogP contribution in [-0.2, 0) is 4.79 Å². The lowest BCUT2D eigenvalue weighted by Gasteiger charge is -2.08. The summed E-state index contributed by atoms with van der Waals surface area (Å²) in [6, 6.07) is 0. The van der Waals surface area contributed by atoms with Crippen molar-refractivity contribution < 1.29 is 9.90 Å². The van der Waals surface area contributed by atoms with E-state index in [4.69, 9.17) is 5.11 Å². The highest BCUT2D eigenvalue weighted by Gasteiger charge is 2.00. The van der Waals surface area contributed by atoms with Gasteiger partial charge in [0.15, 0.2) is 0 Å². The molecule has 0 aliphatic carbocycles. The normalized spacial score (nSPS) is 13.1. The Balaban J connectivity index is 3.26. The summed E-state index contributed by atoms with van der Waals surface area (Å²) < 4.78 is 0. The number of hydrogen-bond donors (Lipinski definition) is 1. The summed E-state index contributed by atoms with van der Waals surface area (Å²) in [5.41, 5.74) is 0. The Morgan fingerprint density at radius 3 is 2.29 bits per heavy atom. The van der Waals surface area contributed by atoms with Gasteiger partial charge in [0.2, 0.25) is 0 Å². The molecule has 0 radical (unpaired) electrons. The fraction of sp³-hybridized carbons (Fsp3) is 0.800. The first kappa shape index (κ1) is 16.4. The molecular formula is C15H28O2. The minimum absolute atomic E-state index is 0.288. The molecule has 0 saturated heterocycles. The topological polar surface area (TPSA) is 37.3 Å². The zero-order valence-electron chi connectivity index (χ0n) is 11.5. The van der Waals surface area contributed by atoms with Crippen LogP contribution in [0.2, 0.25) is 0 Å². The van der Waals surface area contributed by atoms with Crippen molar-refractivity contribution in [1.82, 2.24) is 0 Å². The van der Waals surface area contributed by atoms with Gasteiger partial charge in [-0.2, -0.15) is 0 Å². The van der Waals surface area contributed by atoms with Crippen LogP contribution in [0.25, 0.3) is 0 Å². The quantitative estimate of drug-likeness (QED) is 0.439. The van der Waals surface area contributed by atoms with E-state index >= 15 is 0 Å². The molecule has 1 N–H and O–H groups in total. The van der Waals surface area contributed by atoms with Crippen molar-refractivity contribution in [3.05, 3.63) is 12.2 Å². The zero-order valence-corrected chi connectivity index (χ0v) is 11.5. The summed E-state index contributed by atoms with van der Waals surface area (Å²) >= 11 is 0. The van der Waals surface area contributed by atoms with E-state index in [-0.39, 0.29) is 5.78 Å². The molecule has 0 aliphatic heterocycles. The largest absolute Gasteiger partial charge is 0.396 e. The van der Waals surface area contributed by atoms with Crippen LogP contribution in [0, 0.1) is 5.92 Å². The predicted octanol–water partition coefficient (Wildman–Crippen LogP) is 3.88. The van der Waals surface area contributed by atoms with E-state index in [1.165, 1.54) is 12.8 Å². The van der Waals surface area contributed by atoms with Gasteiger partial charge in [-0.05, 0) is 51.4 Å². The highest BCUT2D eigenvalue weighted by molar-refractivity contribution is 5.75. The lowest BCUT2D eigenvalue weighted by Crippen LogP contribution is -1.96. The summed E-state index contributed by atoms with van der Waals surface area (Å²) in [4.78, 5) is 10.7. The molecule has 0 amide bonds. The number of unbranched alkanes of at least 4 members (excludes halogenated alkanes) is 2. The fourth-order valence-corrected chi connectivity index (χ4v) is 1.87. The molecule has 2 heteroatoms. The Labute approximate surface area is 106 Å². The summed E-state index contributed by atoms with van der Waals surface area (Å²) in [5.74, 6) is 1.02. The highest BCUT2D eigenvalue weighted by atomic mass is 16.2. The fourth-order valence-electron chi connectivity index (χ4n) is 1.87. The van der Waals surface area contributed by atoms with Crippen LogP contribution in [0.15, 0.2) is 12.2 Å². The monoisotopic (exact) mass is 240 g/mol. The zero-order chi connectivity index (χ0) is 12.9. The van der Waals surface area contributed by atoms with E-state index in [2.05, 4.69) is 19.1 Å². The van der Waals surface area contributed by atoms with Gasteiger partial charge in [-0.3, -0.25) is 0 Å². The van der Waals surface area contributed by atoms with Crippen LogP contribution in [0.1, 0.15) is 65.2 Å². The van der Waals surface area contributed by atoms with Gasteiger partial charge in [-0.25, -0.2) is 0 Å². The van der Waals surface area contributed by atoms with Gasteiger partial charge in [0.25, 0.3) is 0 Å². The maximum absolute atomic E-state index is 10.7. The van der Waals surface area contributed by atoms with Crippen LogP contribution in [-0.4, -0.2) is 17.5 Å². The standard InChI is InChI=1S/C15H28O2/c1-14(11-9-13-16)10-7-5-3-4-6-8-12-15(2)17/h3-4,14,16H,5-13H2,1-2H3/b4-3-/t14-/m0/s1. The number of aliphatic hydroxyl groups excluding tert-OH is 1. The Hall–Kier alpha value is -0.630. The third-order valence-electron chi connectivity index (χ3n) is 2.99. The minimum atomic E-state index is 0.288. The molecule has 0 fully saturated rings. The molecule has 0 heterocycles. The molecule has 0 rings (SSSR count). The van der Waals surface area contributed by atoms with Crippen molar-refractivity contribution in [3.8, 4) is 0 Å². The molecule has 0 aromatic heterocycles. The summed E-state index contributed by atoms with van der Waals surface area (Å²) in [6.07, 6.45) is 12.8. The molecule has 0 saturated carbocycles. The van der Waals surface area contributed by atoms with Crippen LogP contribution in [0.4, 0.5) is 0 Å². The molecule has 0 unspecified atom stereocenters. The Bertz CT molecular complexity index is 209. The van der Waals surface area contributed by atoms with Gasteiger partial charge in [0, 0.05) is 13.0 Å². The Kier molecular flexibility index (Phi) is 11.4. The summed E-state index contributed by atoms with van der Waals surface area (Å²) in [7, 11) is 0. The number of aliphatic hydroxyl groups is 1. The molecule has 0 spiro atoms. The van der Waals surface area contributed by atoms with E-state index in [1.54, 1.807) is 6.92 Å². The molecule has 2 nitrogen and oxygen atoms in total. The van der Waals surface area contributed by atoms with Crippen molar-refractivity contribution in [2.45, 2.75) is 65.2 Å². The third kappa shape index (κ3) is 13.3. The maximum atomic E-state index is 10.7. The molecule has 0 aliphatic rings. The average molecular weight is 240 g/mol. The lowest BCUT2D eigenvalue weighted by molar-refractivity contribution is -0.117. The highest BCUT2D eigenvalue weighted by Crippen LogP contribution is 2.13. The molecule has 100 valence electrons. The molecule has 0 aromatic carbocycles. The molecule has 17 heavy (non-hydrogen) atoms. The number of rotatable bonds is 11. The van der Waals surface area contributed by atoms with Gasteiger partial charge in [-0.15, -0.1) is 0 Å². The number of ketones is 1. The van der Waals surface area contributed by atoms with Gasteiger partial charge in [0.05, 0.1) is 0 Å². The van der Waals surface area contributed by atoms with Gasteiger partial charge in [-0.1, -0.05) is 25.5 Å². The minimum Gasteiger partial charge on any atom is -0.396 e. The first-order chi connectivity index (χ1) is 8.16. The molecule has 0 bridgehead atoms. The first-order valence-corrected chi connectivity index (χ1v) is 6.92.